The summed E-state index contributed by atoms with van der Waals surface area (Å²) < 4.78 is 11.3. The van der Waals surface area contributed by atoms with Crippen LogP contribution in [0, 0.1) is 71.0 Å². The van der Waals surface area contributed by atoms with Crippen molar-refractivity contribution < 1.29 is 9.47 Å². The van der Waals surface area contributed by atoms with Gasteiger partial charge in [0.05, 0.1) is 13.2 Å². The minimum atomic E-state index is 0.605. The van der Waals surface area contributed by atoms with Crippen LogP contribution in [-0.2, 0) is 0 Å². The summed E-state index contributed by atoms with van der Waals surface area (Å²) in [6.07, 6.45) is 32.1. The molecule has 4 aliphatic carbocycles. The highest BCUT2D eigenvalue weighted by Crippen LogP contribution is 2.43. The van der Waals surface area contributed by atoms with E-state index in [2.05, 4.69) is 75.6 Å². The van der Waals surface area contributed by atoms with Gasteiger partial charge in [0, 0.05) is 23.0 Å². The summed E-state index contributed by atoms with van der Waals surface area (Å²) in [7, 11) is 0. The van der Waals surface area contributed by atoms with Crippen LogP contribution in [0.5, 0.6) is 11.5 Å². The lowest BCUT2D eigenvalue weighted by Gasteiger charge is -2.37. The first kappa shape index (κ1) is 43.3. The van der Waals surface area contributed by atoms with Crippen LogP contribution in [0.3, 0.4) is 0 Å². The average Bonchev–Trinajstić information content (AvgIpc) is 3.24. The minimum absolute atomic E-state index is 0.605. The van der Waals surface area contributed by atoms with Gasteiger partial charge in [-0.25, -0.2) is 0 Å². The fraction of sp³-hybridized carbons (Fsp3) is 0.698. The van der Waals surface area contributed by atoms with E-state index in [1.807, 2.05) is 24.3 Å². The minimum Gasteiger partial charge on any atom is -0.494 e. The van der Waals surface area contributed by atoms with E-state index < -0.39 is 0 Å². The van der Waals surface area contributed by atoms with Crippen molar-refractivity contribution in [3.8, 4) is 35.2 Å². The van der Waals surface area contributed by atoms with Crippen molar-refractivity contribution in [2.24, 2.45) is 47.3 Å². The SMILES string of the molecule is CCCCC1CCC(C2CCC(C#Cc3ccc(OCCC)cc3)CC2)CC1.CCCOc1ccc(C#CC2CCC(C3CCC(CCC)CC3)CC2)cc1. The first-order valence-corrected chi connectivity index (χ1v) is 23.5. The molecule has 0 aliphatic heterocycles. The molecule has 0 aromatic heterocycles. The Balaban J connectivity index is 0.000000211. The molecule has 55 heavy (non-hydrogen) atoms. The highest BCUT2D eigenvalue weighted by Gasteiger charge is 2.31. The lowest BCUT2D eigenvalue weighted by Crippen LogP contribution is -2.25. The average molecular weight is 747 g/mol. The van der Waals surface area contributed by atoms with Gasteiger partial charge >= 0.3 is 0 Å². The monoisotopic (exact) mass is 747 g/mol. The van der Waals surface area contributed by atoms with Crippen molar-refractivity contribution in [2.75, 3.05) is 13.2 Å². The van der Waals surface area contributed by atoms with Crippen molar-refractivity contribution in [3.63, 3.8) is 0 Å². The normalized spacial score (nSPS) is 27.9. The highest BCUT2D eigenvalue weighted by molar-refractivity contribution is 5.39. The van der Waals surface area contributed by atoms with Crippen molar-refractivity contribution in [1.29, 1.82) is 0 Å². The standard InChI is InChI=1S/C27H40O.C26H38O/c1-3-5-6-22-9-15-25(16-10-22)26-17-11-23(12-18-26)7-8-24-13-19-27(20-14-24)28-21-4-2;1-3-5-21-8-14-24(15-9-21)25-16-10-22(11-17-25)6-7-23-12-18-26(19-13-23)27-20-4-2/h13-14,19-20,22-23,25-26H,3-6,9-12,15-18,21H2,1-2H3;12-13,18-19,21-22,24-25H,3-5,8-11,14-17,20H2,1-2H3. The Morgan fingerprint density at radius 1 is 0.418 bits per heavy atom. The fourth-order valence-electron chi connectivity index (χ4n) is 10.3. The Labute approximate surface area is 339 Å². The van der Waals surface area contributed by atoms with E-state index in [4.69, 9.17) is 9.47 Å². The summed E-state index contributed by atoms with van der Waals surface area (Å²) in [5.41, 5.74) is 2.24. The zero-order valence-electron chi connectivity index (χ0n) is 35.7. The van der Waals surface area contributed by atoms with E-state index in [9.17, 15) is 0 Å². The van der Waals surface area contributed by atoms with Gasteiger partial charge in [0.1, 0.15) is 11.5 Å². The molecule has 2 aromatic rings. The number of benzene rings is 2. The third kappa shape index (κ3) is 15.2. The largest absolute Gasteiger partial charge is 0.494 e. The molecule has 0 radical (unpaired) electrons. The predicted molar refractivity (Wildman–Crippen MR) is 234 cm³/mol. The molecule has 0 N–H and O–H groups in total. The molecule has 4 fully saturated rings. The smallest absolute Gasteiger partial charge is 0.119 e. The molecule has 2 heteroatoms. The van der Waals surface area contributed by atoms with E-state index in [1.54, 1.807) is 0 Å². The first-order chi connectivity index (χ1) is 27.1. The molecule has 0 bridgehead atoms. The second-order valence-electron chi connectivity index (χ2n) is 18.0. The number of unbranched alkanes of at least 4 members (excludes halogenated alkanes) is 1. The van der Waals surface area contributed by atoms with Crippen LogP contribution in [0.1, 0.15) is 187 Å². The van der Waals surface area contributed by atoms with Crippen LogP contribution in [-0.4, -0.2) is 13.2 Å². The summed E-state index contributed by atoms with van der Waals surface area (Å²) in [5, 5.41) is 0. The third-order valence-electron chi connectivity index (χ3n) is 13.8. The molecule has 0 atom stereocenters. The van der Waals surface area contributed by atoms with Crippen LogP contribution >= 0.6 is 0 Å². The molecule has 4 aliphatic rings. The molecule has 2 nitrogen and oxygen atoms in total. The van der Waals surface area contributed by atoms with Crippen LogP contribution in [0.2, 0.25) is 0 Å². The van der Waals surface area contributed by atoms with Gasteiger partial charge in [0.25, 0.3) is 0 Å². The molecule has 0 spiro atoms. The van der Waals surface area contributed by atoms with Gasteiger partial charge in [0.2, 0.25) is 0 Å². The molecule has 6 rings (SSSR count). The van der Waals surface area contributed by atoms with Crippen molar-refractivity contribution >= 4 is 0 Å². The van der Waals surface area contributed by atoms with Gasteiger partial charge in [0.15, 0.2) is 0 Å². The number of hydrogen-bond acceptors (Lipinski definition) is 2. The fourth-order valence-corrected chi connectivity index (χ4v) is 10.3. The zero-order valence-corrected chi connectivity index (χ0v) is 35.7. The second kappa shape index (κ2) is 24.7. The van der Waals surface area contributed by atoms with Crippen LogP contribution in [0.25, 0.3) is 0 Å². The van der Waals surface area contributed by atoms with Crippen molar-refractivity contribution in [3.05, 3.63) is 59.7 Å². The lowest BCUT2D eigenvalue weighted by molar-refractivity contribution is 0.153. The van der Waals surface area contributed by atoms with Crippen molar-refractivity contribution in [2.45, 2.75) is 175 Å². The predicted octanol–water partition coefficient (Wildman–Crippen LogP) is 14.9. The summed E-state index contributed by atoms with van der Waals surface area (Å²) in [6, 6.07) is 16.6. The number of ether oxygens (including phenoxy) is 2. The number of rotatable bonds is 13. The maximum Gasteiger partial charge on any atom is 0.119 e. The van der Waals surface area contributed by atoms with Crippen LogP contribution in [0.4, 0.5) is 0 Å². The molecule has 2 aromatic carbocycles. The van der Waals surface area contributed by atoms with E-state index in [-0.39, 0.29) is 0 Å². The molecule has 302 valence electrons. The van der Waals surface area contributed by atoms with Crippen LogP contribution in [0.15, 0.2) is 48.5 Å². The maximum absolute atomic E-state index is 5.65. The zero-order chi connectivity index (χ0) is 38.5. The van der Waals surface area contributed by atoms with Gasteiger partial charge in [-0.05, 0) is 174 Å². The van der Waals surface area contributed by atoms with E-state index in [0.29, 0.717) is 11.8 Å². The van der Waals surface area contributed by atoms with E-state index in [0.717, 1.165) is 84.2 Å². The van der Waals surface area contributed by atoms with Gasteiger partial charge in [-0.1, -0.05) is 109 Å². The van der Waals surface area contributed by atoms with Crippen molar-refractivity contribution in [1.82, 2.24) is 0 Å². The molecule has 0 saturated heterocycles. The molecule has 4 saturated carbocycles. The van der Waals surface area contributed by atoms with Gasteiger partial charge in [-0.2, -0.15) is 0 Å². The Bertz CT molecular complexity index is 1420. The number of hydrogen-bond donors (Lipinski definition) is 0. The lowest BCUT2D eigenvalue weighted by atomic mass is 9.69. The molecular weight excluding hydrogens is 669 g/mol. The van der Waals surface area contributed by atoms with Gasteiger partial charge in [-0.3, -0.25) is 0 Å². The quantitative estimate of drug-likeness (QED) is 0.190. The van der Waals surface area contributed by atoms with E-state index in [1.165, 1.54) is 135 Å². The Morgan fingerprint density at radius 3 is 1.13 bits per heavy atom. The topological polar surface area (TPSA) is 18.5 Å². The summed E-state index contributed by atoms with van der Waals surface area (Å²) in [6.45, 7) is 10.5. The Kier molecular flexibility index (Phi) is 19.5. The summed E-state index contributed by atoms with van der Waals surface area (Å²) in [5.74, 6) is 23.1. The molecule has 0 amide bonds. The second-order valence-corrected chi connectivity index (χ2v) is 18.0. The first-order valence-electron chi connectivity index (χ1n) is 23.5. The third-order valence-corrected chi connectivity index (χ3v) is 13.8. The van der Waals surface area contributed by atoms with Crippen LogP contribution < -0.4 is 9.47 Å². The summed E-state index contributed by atoms with van der Waals surface area (Å²) >= 11 is 0. The summed E-state index contributed by atoms with van der Waals surface area (Å²) in [4.78, 5) is 0. The van der Waals surface area contributed by atoms with Gasteiger partial charge in [-0.15, -0.1) is 0 Å². The van der Waals surface area contributed by atoms with E-state index >= 15 is 0 Å². The molecule has 0 heterocycles. The van der Waals surface area contributed by atoms with Gasteiger partial charge < -0.3 is 9.47 Å². The maximum atomic E-state index is 5.65. The molecular formula is C53H78O2. The Hall–Kier alpha value is -2.84. The Morgan fingerprint density at radius 2 is 0.782 bits per heavy atom. The molecule has 0 unspecified atom stereocenters. The highest BCUT2D eigenvalue weighted by atomic mass is 16.5.